The van der Waals surface area contributed by atoms with Gasteiger partial charge in [-0.05, 0) is 35.7 Å². The van der Waals surface area contributed by atoms with Crippen molar-refractivity contribution in [2.75, 3.05) is 20.3 Å². The molecular formula is C19H14Cl2N2O4. The number of carbonyl (C=O) groups is 1. The molecule has 0 unspecified atom stereocenters. The molecule has 1 amide bonds. The SMILES string of the molecule is COc1c(Cl)cc(-c2nc(C(N)=O)cc3cc4c(cc23)OCCO4)cc1Cl. The molecule has 4 rings (SSSR count). The van der Waals surface area contributed by atoms with Gasteiger partial charge < -0.3 is 19.9 Å². The van der Waals surface area contributed by atoms with E-state index in [1.54, 1.807) is 24.3 Å². The van der Waals surface area contributed by atoms with Gasteiger partial charge in [0.25, 0.3) is 5.91 Å². The Bertz CT molecular complexity index is 1060. The minimum absolute atomic E-state index is 0.122. The second-order valence-electron chi connectivity index (χ2n) is 5.91. The first-order valence-corrected chi connectivity index (χ1v) is 8.81. The number of nitrogens with zero attached hydrogens (tertiary/aromatic N) is 1. The maximum atomic E-state index is 11.8. The van der Waals surface area contributed by atoms with Crippen LogP contribution in [-0.4, -0.2) is 31.2 Å². The fraction of sp³-hybridized carbons (Fsp3) is 0.158. The van der Waals surface area contributed by atoms with E-state index in [1.807, 2.05) is 6.07 Å². The summed E-state index contributed by atoms with van der Waals surface area (Å²) in [7, 11) is 1.48. The Kier molecular flexibility index (Phi) is 4.45. The van der Waals surface area contributed by atoms with E-state index in [1.165, 1.54) is 7.11 Å². The monoisotopic (exact) mass is 404 g/mol. The average Bonchev–Trinajstić information content (AvgIpc) is 2.65. The van der Waals surface area contributed by atoms with Gasteiger partial charge in [0.05, 0.1) is 22.8 Å². The minimum Gasteiger partial charge on any atom is -0.494 e. The smallest absolute Gasteiger partial charge is 0.267 e. The van der Waals surface area contributed by atoms with Gasteiger partial charge in [0, 0.05) is 10.9 Å². The first kappa shape index (κ1) is 17.7. The highest BCUT2D eigenvalue weighted by molar-refractivity contribution is 6.37. The zero-order valence-corrected chi connectivity index (χ0v) is 15.7. The van der Waals surface area contributed by atoms with Gasteiger partial charge in [-0.25, -0.2) is 4.98 Å². The van der Waals surface area contributed by atoms with E-state index in [9.17, 15) is 4.79 Å². The number of fused-ring (bicyclic) bond motifs is 2. The number of nitrogens with two attached hydrogens (primary N) is 1. The van der Waals surface area contributed by atoms with Crippen molar-refractivity contribution in [2.45, 2.75) is 0 Å². The Labute approximate surface area is 164 Å². The Morgan fingerprint density at radius 2 is 1.70 bits per heavy atom. The van der Waals surface area contributed by atoms with E-state index in [0.717, 1.165) is 10.8 Å². The summed E-state index contributed by atoms with van der Waals surface area (Å²) in [6, 6.07) is 8.59. The van der Waals surface area contributed by atoms with Crippen LogP contribution in [0.15, 0.2) is 30.3 Å². The van der Waals surface area contributed by atoms with E-state index >= 15 is 0 Å². The van der Waals surface area contributed by atoms with Crippen molar-refractivity contribution in [1.82, 2.24) is 4.98 Å². The molecule has 2 N–H and O–H groups in total. The normalized spacial score (nSPS) is 12.9. The van der Waals surface area contributed by atoms with E-state index in [2.05, 4.69) is 4.98 Å². The van der Waals surface area contributed by atoms with Crippen LogP contribution in [0.4, 0.5) is 0 Å². The predicted molar refractivity (Wildman–Crippen MR) is 103 cm³/mol. The number of ether oxygens (including phenoxy) is 3. The van der Waals surface area contributed by atoms with Crippen LogP contribution >= 0.6 is 23.2 Å². The van der Waals surface area contributed by atoms with Gasteiger partial charge in [0.2, 0.25) is 0 Å². The van der Waals surface area contributed by atoms with Crippen molar-refractivity contribution >= 4 is 39.9 Å². The molecular weight excluding hydrogens is 391 g/mol. The third-order valence-electron chi connectivity index (χ3n) is 4.22. The molecule has 6 nitrogen and oxygen atoms in total. The van der Waals surface area contributed by atoms with Crippen molar-refractivity contribution in [3.05, 3.63) is 46.1 Å². The molecule has 2 aromatic carbocycles. The quantitative estimate of drug-likeness (QED) is 0.710. The van der Waals surface area contributed by atoms with Gasteiger partial charge in [-0.15, -0.1) is 0 Å². The second-order valence-corrected chi connectivity index (χ2v) is 6.72. The van der Waals surface area contributed by atoms with Gasteiger partial charge in [-0.1, -0.05) is 23.2 Å². The molecule has 1 aliphatic heterocycles. The Hall–Kier alpha value is -2.70. The lowest BCUT2D eigenvalue weighted by Crippen LogP contribution is -2.16. The van der Waals surface area contributed by atoms with Crippen LogP contribution in [0.5, 0.6) is 17.2 Å². The lowest BCUT2D eigenvalue weighted by Gasteiger charge is -2.20. The maximum absolute atomic E-state index is 11.8. The topological polar surface area (TPSA) is 83.7 Å². The Balaban J connectivity index is 2.02. The van der Waals surface area contributed by atoms with Crippen molar-refractivity contribution in [1.29, 1.82) is 0 Å². The van der Waals surface area contributed by atoms with Crippen LogP contribution in [0.1, 0.15) is 10.5 Å². The summed E-state index contributed by atoms with van der Waals surface area (Å²) in [6.45, 7) is 0.920. The molecule has 3 aromatic rings. The molecule has 0 bridgehead atoms. The molecule has 0 atom stereocenters. The number of halogens is 2. The molecule has 0 spiro atoms. The molecule has 27 heavy (non-hydrogen) atoms. The molecule has 1 aliphatic rings. The minimum atomic E-state index is -0.640. The summed E-state index contributed by atoms with van der Waals surface area (Å²) in [4.78, 5) is 16.2. The number of aromatic nitrogens is 1. The number of carbonyl (C=O) groups excluding carboxylic acids is 1. The maximum Gasteiger partial charge on any atom is 0.267 e. The van der Waals surface area contributed by atoms with Crippen LogP contribution in [-0.2, 0) is 0 Å². The molecule has 0 aliphatic carbocycles. The number of amides is 1. The molecule has 138 valence electrons. The lowest BCUT2D eigenvalue weighted by molar-refractivity contribution is 0.0996. The summed E-state index contributed by atoms with van der Waals surface area (Å²) >= 11 is 12.6. The largest absolute Gasteiger partial charge is 0.494 e. The van der Waals surface area contributed by atoms with Crippen molar-refractivity contribution in [2.24, 2.45) is 5.73 Å². The van der Waals surface area contributed by atoms with E-state index in [4.69, 9.17) is 43.1 Å². The zero-order valence-electron chi connectivity index (χ0n) is 14.2. The van der Waals surface area contributed by atoms with Crippen LogP contribution in [0.3, 0.4) is 0 Å². The van der Waals surface area contributed by atoms with Crippen LogP contribution in [0.25, 0.3) is 22.0 Å². The molecule has 0 saturated carbocycles. The summed E-state index contributed by atoms with van der Waals surface area (Å²) in [5, 5.41) is 2.15. The molecule has 0 saturated heterocycles. The summed E-state index contributed by atoms with van der Waals surface area (Å²) in [5.41, 5.74) is 6.71. The third kappa shape index (κ3) is 3.11. The summed E-state index contributed by atoms with van der Waals surface area (Å²) < 4.78 is 16.5. The Morgan fingerprint density at radius 1 is 1.07 bits per heavy atom. The summed E-state index contributed by atoms with van der Waals surface area (Å²) in [6.07, 6.45) is 0. The van der Waals surface area contributed by atoms with Crippen LogP contribution in [0.2, 0.25) is 10.0 Å². The summed E-state index contributed by atoms with van der Waals surface area (Å²) in [5.74, 6) is 0.937. The molecule has 8 heteroatoms. The van der Waals surface area contributed by atoms with Crippen molar-refractivity contribution < 1.29 is 19.0 Å². The molecule has 0 radical (unpaired) electrons. The number of primary amides is 1. The van der Waals surface area contributed by atoms with Gasteiger partial charge >= 0.3 is 0 Å². The molecule has 2 heterocycles. The van der Waals surface area contributed by atoms with E-state index in [0.29, 0.717) is 51.8 Å². The van der Waals surface area contributed by atoms with E-state index in [-0.39, 0.29) is 5.69 Å². The van der Waals surface area contributed by atoms with Gasteiger partial charge in [0.15, 0.2) is 17.2 Å². The average molecular weight is 405 g/mol. The number of rotatable bonds is 3. The van der Waals surface area contributed by atoms with Gasteiger partial charge in [0.1, 0.15) is 18.9 Å². The third-order valence-corrected chi connectivity index (χ3v) is 4.78. The molecule has 1 aromatic heterocycles. The highest BCUT2D eigenvalue weighted by Crippen LogP contribution is 2.41. The van der Waals surface area contributed by atoms with E-state index < -0.39 is 5.91 Å². The van der Waals surface area contributed by atoms with Crippen LogP contribution < -0.4 is 19.9 Å². The molecule has 0 fully saturated rings. The van der Waals surface area contributed by atoms with Gasteiger partial charge in [-0.2, -0.15) is 0 Å². The first-order chi connectivity index (χ1) is 13.0. The van der Waals surface area contributed by atoms with Crippen LogP contribution in [0, 0.1) is 0 Å². The predicted octanol–water partition coefficient (Wildman–Crippen LogP) is 4.09. The highest BCUT2D eigenvalue weighted by atomic mass is 35.5. The Morgan fingerprint density at radius 3 is 2.30 bits per heavy atom. The second kappa shape index (κ2) is 6.79. The fourth-order valence-corrected chi connectivity index (χ4v) is 3.67. The van der Waals surface area contributed by atoms with Crippen molar-refractivity contribution in [3.63, 3.8) is 0 Å². The highest BCUT2D eigenvalue weighted by Gasteiger charge is 2.19. The number of methoxy groups -OCH3 is 1. The standard InChI is InChI=1S/C19H14Cl2N2O4/c1-25-18-12(20)4-10(5-13(18)21)17-11-8-16-15(26-2-3-27-16)7-9(11)6-14(23-17)19(22)24/h4-8H,2-3H2,1H3,(H2,22,24). The van der Waals surface area contributed by atoms with Crippen molar-refractivity contribution in [3.8, 4) is 28.5 Å². The van der Waals surface area contributed by atoms with Gasteiger partial charge in [-0.3, -0.25) is 4.79 Å². The zero-order chi connectivity index (χ0) is 19.1. The lowest BCUT2D eigenvalue weighted by atomic mass is 10.0. The number of pyridine rings is 1. The number of benzene rings is 2. The fourth-order valence-electron chi connectivity index (χ4n) is 3.03. The first-order valence-electron chi connectivity index (χ1n) is 8.05. The number of hydrogen-bond acceptors (Lipinski definition) is 5. The number of hydrogen-bond donors (Lipinski definition) is 1.